The van der Waals surface area contributed by atoms with E-state index < -0.39 is 0 Å². The monoisotopic (exact) mass is 408 g/mol. The molecule has 1 N–H and O–H groups in total. The van der Waals surface area contributed by atoms with Crippen LogP contribution in [0.3, 0.4) is 0 Å². The molecular weight excluding hydrogens is 392 g/mol. The maximum Gasteiger partial charge on any atom is 0.228 e. The lowest BCUT2D eigenvalue weighted by Gasteiger charge is -2.04. The zero-order valence-corrected chi connectivity index (χ0v) is 16.3. The molecule has 0 unspecified atom stereocenters. The summed E-state index contributed by atoms with van der Waals surface area (Å²) >= 11 is 5.70. The van der Waals surface area contributed by atoms with Gasteiger partial charge in [0.1, 0.15) is 11.3 Å². The van der Waals surface area contributed by atoms with Crippen molar-refractivity contribution in [2.45, 2.75) is 19.8 Å². The summed E-state index contributed by atoms with van der Waals surface area (Å²) in [6.45, 7) is 1.85. The van der Waals surface area contributed by atoms with E-state index in [1.54, 1.807) is 30.3 Å². The van der Waals surface area contributed by atoms with Gasteiger partial charge in [0.2, 0.25) is 11.7 Å². The van der Waals surface area contributed by atoms with Gasteiger partial charge in [-0.1, -0.05) is 47.1 Å². The molecule has 1 amide bonds. The lowest BCUT2D eigenvalue weighted by molar-refractivity contribution is -0.116. The molecule has 7 heteroatoms. The molecule has 0 radical (unpaired) electrons. The van der Waals surface area contributed by atoms with Gasteiger partial charge in [-0.3, -0.25) is 9.59 Å². The number of hydrogen-bond acceptors (Lipinski definition) is 5. The number of carbonyl (C=O) groups is 2. The number of halogens is 1. The van der Waals surface area contributed by atoms with Crippen LogP contribution in [0, 0.1) is 6.92 Å². The highest BCUT2D eigenvalue weighted by Gasteiger charge is 2.19. The molecule has 0 spiro atoms. The molecule has 0 atom stereocenters. The second-order valence-electron chi connectivity index (χ2n) is 6.63. The molecule has 2 aromatic heterocycles. The van der Waals surface area contributed by atoms with Gasteiger partial charge in [-0.2, -0.15) is 0 Å². The highest BCUT2D eigenvalue weighted by molar-refractivity contribution is 6.29. The third-order valence-electron chi connectivity index (χ3n) is 4.59. The zero-order valence-electron chi connectivity index (χ0n) is 15.6. The summed E-state index contributed by atoms with van der Waals surface area (Å²) < 4.78 is 10.8. The van der Waals surface area contributed by atoms with Crippen molar-refractivity contribution in [3.63, 3.8) is 0 Å². The number of aromatic nitrogens is 1. The standard InChI is InChI=1S/C22H17ClN2O4/c1-13-17-9-7-15(24-20(26)10-8-16-12-19(23)25-29-16)11-18(17)28-22(13)21(27)14-5-3-2-4-6-14/h2-7,9,11-12H,8,10H2,1H3,(H,24,26). The van der Waals surface area contributed by atoms with E-state index in [2.05, 4.69) is 10.5 Å². The summed E-state index contributed by atoms with van der Waals surface area (Å²) in [5.41, 5.74) is 2.47. The molecule has 146 valence electrons. The number of amides is 1. The number of rotatable bonds is 6. The maximum absolute atomic E-state index is 12.7. The van der Waals surface area contributed by atoms with Crippen LogP contribution in [0.15, 0.2) is 63.5 Å². The van der Waals surface area contributed by atoms with E-state index in [1.165, 1.54) is 0 Å². The van der Waals surface area contributed by atoms with Crippen LogP contribution < -0.4 is 5.32 Å². The largest absolute Gasteiger partial charge is 0.452 e. The Bertz CT molecular complexity index is 1190. The average molecular weight is 409 g/mol. The molecule has 0 bridgehead atoms. The fraction of sp³-hybridized carbons (Fsp3) is 0.136. The summed E-state index contributed by atoms with van der Waals surface area (Å²) in [5.74, 6) is 0.500. The third-order valence-corrected chi connectivity index (χ3v) is 4.77. The molecule has 0 aliphatic heterocycles. The van der Waals surface area contributed by atoms with E-state index in [4.69, 9.17) is 20.5 Å². The number of furan rings is 1. The molecule has 0 aliphatic carbocycles. The van der Waals surface area contributed by atoms with E-state index in [-0.39, 0.29) is 23.3 Å². The lowest BCUT2D eigenvalue weighted by atomic mass is 10.0. The summed E-state index contributed by atoms with van der Waals surface area (Å²) in [5, 5.41) is 7.50. The van der Waals surface area contributed by atoms with Crippen molar-refractivity contribution in [1.82, 2.24) is 5.16 Å². The number of fused-ring (bicyclic) bond motifs is 1. The van der Waals surface area contributed by atoms with Gasteiger partial charge in [-0.05, 0) is 19.1 Å². The first-order valence-electron chi connectivity index (χ1n) is 9.05. The number of benzene rings is 2. The van der Waals surface area contributed by atoms with Gasteiger partial charge < -0.3 is 14.3 Å². The smallest absolute Gasteiger partial charge is 0.228 e. The lowest BCUT2D eigenvalue weighted by Crippen LogP contribution is -2.12. The second-order valence-corrected chi connectivity index (χ2v) is 7.01. The average Bonchev–Trinajstić information content (AvgIpc) is 3.29. The fourth-order valence-electron chi connectivity index (χ4n) is 3.11. The molecule has 29 heavy (non-hydrogen) atoms. The van der Waals surface area contributed by atoms with Crippen molar-refractivity contribution < 1.29 is 18.5 Å². The van der Waals surface area contributed by atoms with Crippen LogP contribution in [0.25, 0.3) is 11.0 Å². The van der Waals surface area contributed by atoms with E-state index in [1.807, 2.05) is 31.2 Å². The number of nitrogens with zero attached hydrogens (tertiary/aromatic N) is 1. The molecule has 2 heterocycles. The van der Waals surface area contributed by atoms with Gasteiger partial charge in [0.15, 0.2) is 10.9 Å². The van der Waals surface area contributed by atoms with Crippen LogP contribution in [0.4, 0.5) is 5.69 Å². The molecule has 2 aromatic carbocycles. The number of carbonyl (C=O) groups excluding carboxylic acids is 2. The molecular formula is C22H17ClN2O4. The topological polar surface area (TPSA) is 85.3 Å². The van der Waals surface area contributed by atoms with Gasteiger partial charge in [-0.25, -0.2) is 0 Å². The Morgan fingerprint density at radius 1 is 1.10 bits per heavy atom. The van der Waals surface area contributed by atoms with E-state index >= 15 is 0 Å². The Hall–Kier alpha value is -3.38. The minimum absolute atomic E-state index is 0.171. The second kappa shape index (κ2) is 7.93. The molecule has 4 rings (SSSR count). The first-order valence-corrected chi connectivity index (χ1v) is 9.43. The van der Waals surface area contributed by atoms with E-state index in [9.17, 15) is 9.59 Å². The maximum atomic E-state index is 12.7. The van der Waals surface area contributed by atoms with Crippen molar-refractivity contribution >= 4 is 39.9 Å². The highest BCUT2D eigenvalue weighted by Crippen LogP contribution is 2.29. The molecule has 0 aliphatic rings. The number of hydrogen-bond donors (Lipinski definition) is 1. The molecule has 0 saturated carbocycles. The van der Waals surface area contributed by atoms with Crippen LogP contribution >= 0.6 is 11.6 Å². The summed E-state index contributed by atoms with van der Waals surface area (Å²) in [4.78, 5) is 24.9. The van der Waals surface area contributed by atoms with Crippen LogP contribution in [-0.4, -0.2) is 16.8 Å². The normalized spacial score (nSPS) is 11.0. The third kappa shape index (κ3) is 4.07. The van der Waals surface area contributed by atoms with Crippen LogP contribution in [0.2, 0.25) is 5.15 Å². The van der Waals surface area contributed by atoms with Crippen molar-refractivity contribution in [3.05, 3.63) is 82.4 Å². The van der Waals surface area contributed by atoms with Gasteiger partial charge in [0.05, 0.1) is 0 Å². The van der Waals surface area contributed by atoms with E-state index in [0.29, 0.717) is 34.8 Å². The van der Waals surface area contributed by atoms with Gasteiger partial charge >= 0.3 is 0 Å². The van der Waals surface area contributed by atoms with Gasteiger partial charge in [-0.15, -0.1) is 0 Å². The Kier molecular flexibility index (Phi) is 5.18. The number of anilines is 1. The highest BCUT2D eigenvalue weighted by atomic mass is 35.5. The Labute approximate surface area is 171 Å². The van der Waals surface area contributed by atoms with Crippen LogP contribution in [0.1, 0.15) is 33.9 Å². The van der Waals surface area contributed by atoms with Crippen molar-refractivity contribution in [2.24, 2.45) is 0 Å². The number of nitrogens with one attached hydrogen (secondary N) is 1. The zero-order chi connectivity index (χ0) is 20.4. The number of ketones is 1. The quantitative estimate of drug-likeness (QED) is 0.444. The van der Waals surface area contributed by atoms with Crippen molar-refractivity contribution in [3.8, 4) is 0 Å². The SMILES string of the molecule is Cc1c(C(=O)c2ccccc2)oc2cc(NC(=O)CCc3cc(Cl)no3)ccc12. The predicted molar refractivity (Wildman–Crippen MR) is 109 cm³/mol. The summed E-state index contributed by atoms with van der Waals surface area (Å²) in [6, 6.07) is 15.9. The molecule has 0 saturated heterocycles. The van der Waals surface area contributed by atoms with E-state index in [0.717, 1.165) is 10.9 Å². The van der Waals surface area contributed by atoms with Gasteiger partial charge in [0, 0.05) is 47.2 Å². The molecule has 4 aromatic rings. The Balaban J connectivity index is 1.50. The minimum Gasteiger partial charge on any atom is -0.452 e. The van der Waals surface area contributed by atoms with Crippen molar-refractivity contribution in [1.29, 1.82) is 0 Å². The minimum atomic E-state index is -0.180. The Morgan fingerprint density at radius 3 is 2.62 bits per heavy atom. The van der Waals surface area contributed by atoms with Gasteiger partial charge in [0.25, 0.3) is 0 Å². The molecule has 0 fully saturated rings. The summed E-state index contributed by atoms with van der Waals surface area (Å²) in [6.07, 6.45) is 0.613. The summed E-state index contributed by atoms with van der Waals surface area (Å²) in [7, 11) is 0. The Morgan fingerprint density at radius 2 is 1.90 bits per heavy atom. The molecule has 6 nitrogen and oxygen atoms in total. The van der Waals surface area contributed by atoms with Crippen LogP contribution in [-0.2, 0) is 11.2 Å². The van der Waals surface area contributed by atoms with Crippen LogP contribution in [0.5, 0.6) is 0 Å². The fourth-order valence-corrected chi connectivity index (χ4v) is 3.26. The first kappa shape index (κ1) is 19.0. The first-order chi connectivity index (χ1) is 14.0. The predicted octanol–water partition coefficient (Wildman–Crippen LogP) is 5.18. The number of aryl methyl sites for hydroxylation is 2. The van der Waals surface area contributed by atoms with Crippen molar-refractivity contribution in [2.75, 3.05) is 5.32 Å².